The van der Waals surface area contributed by atoms with E-state index in [2.05, 4.69) is 10.4 Å². The lowest BCUT2D eigenvalue weighted by atomic mass is 9.83. The number of hydrogen-bond donors (Lipinski definition) is 4. The summed E-state index contributed by atoms with van der Waals surface area (Å²) in [6.07, 6.45) is 1.20. The molecule has 1 saturated carbocycles. The summed E-state index contributed by atoms with van der Waals surface area (Å²) in [6, 6.07) is 3.86. The molecule has 2 atom stereocenters. The van der Waals surface area contributed by atoms with Gasteiger partial charge in [0.15, 0.2) is 0 Å². The lowest BCUT2D eigenvalue weighted by Crippen LogP contribution is -2.48. The molecule has 2 unspecified atom stereocenters. The third-order valence-corrected chi connectivity index (χ3v) is 5.83. The van der Waals surface area contributed by atoms with Crippen molar-refractivity contribution < 1.29 is 19.4 Å². The molecule has 0 aliphatic heterocycles. The number of hydrogen-bond acceptors (Lipinski definition) is 5. The van der Waals surface area contributed by atoms with Gasteiger partial charge in [-0.3, -0.25) is 9.48 Å². The average Bonchev–Trinajstić information content (AvgIpc) is 3.13. The van der Waals surface area contributed by atoms with Gasteiger partial charge in [-0.05, 0) is 51.3 Å². The summed E-state index contributed by atoms with van der Waals surface area (Å²) in [6.45, 7) is 3.13. The van der Waals surface area contributed by atoms with Crippen LogP contribution in [0.1, 0.15) is 55.1 Å². The van der Waals surface area contributed by atoms with Gasteiger partial charge >= 0.3 is 0 Å². The second-order valence-electron chi connectivity index (χ2n) is 7.88. The summed E-state index contributed by atoms with van der Waals surface area (Å²) < 4.78 is 14.7. The largest absolute Gasteiger partial charge is 0.387 e. The van der Waals surface area contributed by atoms with Gasteiger partial charge in [0.25, 0.3) is 5.91 Å². The molecule has 9 heteroatoms. The SMILES string of the molecule is Cn1nc(C2CCC(O)(C(C)(C)O)C2)c(C(=O)Nc2ccc(F)c(Cl)c2)c1N. The number of amides is 1. The summed E-state index contributed by atoms with van der Waals surface area (Å²) in [4.78, 5) is 12.9. The molecule has 0 spiro atoms. The molecule has 1 aromatic carbocycles. The Morgan fingerprint density at radius 3 is 2.75 bits per heavy atom. The predicted molar refractivity (Wildman–Crippen MR) is 105 cm³/mol. The minimum absolute atomic E-state index is 0.108. The van der Waals surface area contributed by atoms with E-state index in [1.54, 1.807) is 20.9 Å². The topological polar surface area (TPSA) is 113 Å². The van der Waals surface area contributed by atoms with Gasteiger partial charge in [-0.15, -0.1) is 0 Å². The Morgan fingerprint density at radius 2 is 2.18 bits per heavy atom. The van der Waals surface area contributed by atoms with E-state index >= 15 is 0 Å². The van der Waals surface area contributed by atoms with Crippen LogP contribution in [-0.4, -0.2) is 37.1 Å². The van der Waals surface area contributed by atoms with E-state index in [1.807, 2.05) is 0 Å². The van der Waals surface area contributed by atoms with Crippen molar-refractivity contribution in [3.05, 3.63) is 40.3 Å². The van der Waals surface area contributed by atoms with Crippen LogP contribution in [0.15, 0.2) is 18.2 Å². The summed E-state index contributed by atoms with van der Waals surface area (Å²) in [5.74, 6) is -1.14. The quantitative estimate of drug-likeness (QED) is 0.619. The lowest BCUT2D eigenvalue weighted by molar-refractivity contribution is -0.127. The molecule has 0 saturated heterocycles. The Balaban J connectivity index is 1.90. The smallest absolute Gasteiger partial charge is 0.261 e. The highest BCUT2D eigenvalue weighted by molar-refractivity contribution is 6.31. The molecule has 7 nitrogen and oxygen atoms in total. The molecular formula is C19H24ClFN4O3. The summed E-state index contributed by atoms with van der Waals surface area (Å²) in [5.41, 5.74) is 4.51. The number of halogens is 2. The molecule has 28 heavy (non-hydrogen) atoms. The van der Waals surface area contributed by atoms with E-state index < -0.39 is 22.9 Å². The highest BCUT2D eigenvalue weighted by atomic mass is 35.5. The van der Waals surface area contributed by atoms with Gasteiger partial charge in [0.05, 0.1) is 21.9 Å². The molecule has 152 valence electrons. The number of aryl methyl sites for hydroxylation is 1. The Hall–Kier alpha value is -2.16. The van der Waals surface area contributed by atoms with Crippen molar-refractivity contribution in [2.75, 3.05) is 11.1 Å². The average molecular weight is 411 g/mol. The van der Waals surface area contributed by atoms with E-state index in [0.717, 1.165) is 6.07 Å². The summed E-state index contributed by atoms with van der Waals surface area (Å²) >= 11 is 5.77. The lowest BCUT2D eigenvalue weighted by Gasteiger charge is -2.35. The van der Waals surface area contributed by atoms with Gasteiger partial charge < -0.3 is 21.3 Å². The highest BCUT2D eigenvalue weighted by Gasteiger charge is 2.49. The zero-order chi connectivity index (χ0) is 20.9. The Bertz CT molecular complexity index is 925. The van der Waals surface area contributed by atoms with Gasteiger partial charge in [0.1, 0.15) is 17.2 Å². The van der Waals surface area contributed by atoms with E-state index in [0.29, 0.717) is 24.2 Å². The monoisotopic (exact) mass is 410 g/mol. The molecule has 3 rings (SSSR count). The standard InChI is InChI=1S/C19H24ClFN4O3/c1-18(2,27)19(28)7-6-10(9-19)15-14(16(22)25(3)24-15)17(26)23-11-4-5-13(21)12(20)8-11/h4-5,8,10,27-28H,6-7,9,22H2,1-3H3,(H,23,26). The summed E-state index contributed by atoms with van der Waals surface area (Å²) in [7, 11) is 1.63. The molecule has 2 aromatic rings. The van der Waals surface area contributed by atoms with Crippen LogP contribution in [-0.2, 0) is 7.05 Å². The molecule has 1 aliphatic rings. The van der Waals surface area contributed by atoms with E-state index in [4.69, 9.17) is 17.3 Å². The van der Waals surface area contributed by atoms with Crippen LogP contribution in [0.5, 0.6) is 0 Å². The zero-order valence-corrected chi connectivity index (χ0v) is 16.7. The van der Waals surface area contributed by atoms with Crippen molar-refractivity contribution in [3.8, 4) is 0 Å². The zero-order valence-electron chi connectivity index (χ0n) is 16.0. The first-order chi connectivity index (χ1) is 12.9. The first-order valence-corrected chi connectivity index (χ1v) is 9.34. The molecule has 1 aromatic heterocycles. The fraction of sp³-hybridized carbons (Fsp3) is 0.474. The molecule has 1 fully saturated rings. The van der Waals surface area contributed by atoms with Crippen molar-refractivity contribution >= 4 is 29.0 Å². The molecule has 0 bridgehead atoms. The molecule has 1 aliphatic carbocycles. The second-order valence-corrected chi connectivity index (χ2v) is 8.29. The maximum Gasteiger partial charge on any atom is 0.261 e. The maximum atomic E-state index is 13.3. The number of rotatable bonds is 4. The number of nitrogens with zero attached hydrogens (tertiary/aromatic N) is 2. The first kappa shape index (κ1) is 20.6. The van der Waals surface area contributed by atoms with Crippen molar-refractivity contribution in [1.82, 2.24) is 9.78 Å². The normalized spacial score (nSPS) is 22.5. The van der Waals surface area contributed by atoms with Crippen molar-refractivity contribution in [2.24, 2.45) is 7.05 Å². The molecule has 0 radical (unpaired) electrons. The van der Waals surface area contributed by atoms with E-state index in [-0.39, 0.29) is 28.7 Å². The molecule has 5 N–H and O–H groups in total. The van der Waals surface area contributed by atoms with Gasteiger partial charge in [-0.2, -0.15) is 5.10 Å². The Morgan fingerprint density at radius 1 is 1.50 bits per heavy atom. The Kier molecular flexibility index (Phi) is 5.16. The van der Waals surface area contributed by atoms with Crippen molar-refractivity contribution in [3.63, 3.8) is 0 Å². The fourth-order valence-electron chi connectivity index (χ4n) is 3.66. The Labute approximate surface area is 167 Å². The van der Waals surface area contributed by atoms with Crippen LogP contribution in [0.25, 0.3) is 0 Å². The second kappa shape index (κ2) is 7.02. The van der Waals surface area contributed by atoms with Crippen LogP contribution in [0.3, 0.4) is 0 Å². The van der Waals surface area contributed by atoms with Gasteiger partial charge in [0.2, 0.25) is 0 Å². The van der Waals surface area contributed by atoms with Crippen LogP contribution >= 0.6 is 11.6 Å². The predicted octanol–water partition coefficient (Wildman–Crippen LogP) is 2.82. The third-order valence-electron chi connectivity index (χ3n) is 5.54. The molecule has 1 amide bonds. The van der Waals surface area contributed by atoms with Crippen LogP contribution in [0, 0.1) is 5.82 Å². The summed E-state index contributed by atoms with van der Waals surface area (Å²) in [5, 5.41) is 28.0. The third kappa shape index (κ3) is 3.59. The number of anilines is 2. The van der Waals surface area contributed by atoms with Crippen LogP contribution in [0.2, 0.25) is 5.02 Å². The van der Waals surface area contributed by atoms with Crippen molar-refractivity contribution in [1.29, 1.82) is 0 Å². The van der Waals surface area contributed by atoms with Crippen molar-refractivity contribution in [2.45, 2.75) is 50.2 Å². The minimum Gasteiger partial charge on any atom is -0.387 e. The highest BCUT2D eigenvalue weighted by Crippen LogP contribution is 2.47. The number of nitrogens with one attached hydrogen (secondary N) is 1. The van der Waals surface area contributed by atoms with Gasteiger partial charge in [-0.1, -0.05) is 11.6 Å². The number of aliphatic hydroxyl groups is 2. The maximum absolute atomic E-state index is 13.3. The number of carbonyl (C=O) groups is 1. The number of aromatic nitrogens is 2. The number of nitrogens with two attached hydrogens (primary N) is 1. The van der Waals surface area contributed by atoms with E-state index in [1.165, 1.54) is 16.8 Å². The van der Waals surface area contributed by atoms with Gasteiger partial charge in [0, 0.05) is 18.7 Å². The van der Waals surface area contributed by atoms with E-state index in [9.17, 15) is 19.4 Å². The number of nitrogen functional groups attached to an aromatic ring is 1. The molecular weight excluding hydrogens is 387 g/mol. The fourth-order valence-corrected chi connectivity index (χ4v) is 3.84. The number of benzene rings is 1. The van der Waals surface area contributed by atoms with Gasteiger partial charge in [-0.25, -0.2) is 4.39 Å². The minimum atomic E-state index is -1.28. The van der Waals surface area contributed by atoms with Crippen LogP contribution < -0.4 is 11.1 Å². The first-order valence-electron chi connectivity index (χ1n) is 8.96. The molecule has 1 heterocycles. The van der Waals surface area contributed by atoms with Crippen LogP contribution in [0.4, 0.5) is 15.9 Å². The number of carbonyl (C=O) groups excluding carboxylic acids is 1.